The maximum Gasteiger partial charge on any atom is 0.263 e. The second-order valence-corrected chi connectivity index (χ2v) is 6.85. The van der Waals surface area contributed by atoms with E-state index in [0.717, 1.165) is 12.8 Å². The van der Waals surface area contributed by atoms with E-state index in [1.54, 1.807) is 11.4 Å². The van der Waals surface area contributed by atoms with Gasteiger partial charge in [0.15, 0.2) is 5.78 Å². The molecule has 4 nitrogen and oxygen atoms in total. The van der Waals surface area contributed by atoms with Crippen molar-refractivity contribution in [3.8, 4) is 0 Å². The summed E-state index contributed by atoms with van der Waals surface area (Å²) >= 11 is 1.37. The number of rotatable bonds is 3. The lowest BCUT2D eigenvalue weighted by atomic mass is 9.98. The zero-order valence-corrected chi connectivity index (χ0v) is 13.9. The van der Waals surface area contributed by atoms with Crippen LogP contribution < -0.4 is 5.32 Å². The lowest BCUT2D eigenvalue weighted by molar-refractivity contribution is 0.0686. The molecule has 0 saturated carbocycles. The fraction of sp³-hybridized carbons (Fsp3) is 0.600. The number of hydrogen-bond acceptors (Lipinski definition) is 4. The number of carbonyl (C=O) groups excluding carboxylic acids is 2. The minimum Gasteiger partial charge on any atom is -0.338 e. The quantitative estimate of drug-likeness (QED) is 0.868. The molecule has 2 fully saturated rings. The Bertz CT molecular complexity index is 534. The summed E-state index contributed by atoms with van der Waals surface area (Å²) in [6.45, 7) is 1.53. The molecule has 0 spiro atoms. The van der Waals surface area contributed by atoms with Crippen molar-refractivity contribution in [2.24, 2.45) is 0 Å². The molecule has 3 heterocycles. The Kier molecular flexibility index (Phi) is 5.07. The number of nitrogens with zero attached hydrogens (tertiary/aromatic N) is 1. The van der Waals surface area contributed by atoms with Gasteiger partial charge < -0.3 is 10.2 Å². The molecule has 116 valence electrons. The van der Waals surface area contributed by atoms with Crippen molar-refractivity contribution in [1.29, 1.82) is 0 Å². The summed E-state index contributed by atoms with van der Waals surface area (Å²) in [6, 6.07) is 3.20. The number of nitrogens with one attached hydrogen (secondary N) is 1. The number of thiophene rings is 1. The van der Waals surface area contributed by atoms with Crippen molar-refractivity contribution in [1.82, 2.24) is 10.2 Å². The van der Waals surface area contributed by atoms with Gasteiger partial charge in [0.1, 0.15) is 0 Å². The summed E-state index contributed by atoms with van der Waals surface area (Å²) in [7, 11) is 1.89. The van der Waals surface area contributed by atoms with Crippen molar-refractivity contribution >= 4 is 35.4 Å². The Morgan fingerprint density at radius 3 is 2.43 bits per heavy atom. The van der Waals surface area contributed by atoms with E-state index >= 15 is 0 Å². The van der Waals surface area contributed by atoms with Gasteiger partial charge in [-0.1, -0.05) is 0 Å². The fourth-order valence-electron chi connectivity index (χ4n) is 3.32. The molecule has 2 aliphatic heterocycles. The molecular formula is C15H21ClN2O2S. The molecular weight excluding hydrogens is 308 g/mol. The summed E-state index contributed by atoms with van der Waals surface area (Å²) in [5, 5.41) is 5.37. The Morgan fingerprint density at radius 1 is 1.29 bits per heavy atom. The third-order valence-corrected chi connectivity index (χ3v) is 5.45. The number of carbonyl (C=O) groups is 2. The van der Waals surface area contributed by atoms with Crippen LogP contribution in [0.5, 0.6) is 0 Å². The Balaban J connectivity index is 0.00000161. The Morgan fingerprint density at radius 2 is 1.90 bits per heavy atom. The van der Waals surface area contributed by atoms with Gasteiger partial charge in [-0.15, -0.1) is 23.7 Å². The van der Waals surface area contributed by atoms with E-state index in [-0.39, 0.29) is 24.1 Å². The average molecular weight is 329 g/mol. The lowest BCUT2D eigenvalue weighted by Crippen LogP contribution is -2.48. The number of fused-ring (bicyclic) bond motifs is 2. The predicted molar refractivity (Wildman–Crippen MR) is 86.6 cm³/mol. The molecule has 2 unspecified atom stereocenters. The number of Topliss-reactive ketones (excluding diaryl/α,β-unsaturated/α-hetero) is 1. The molecule has 6 heteroatoms. The van der Waals surface area contributed by atoms with Gasteiger partial charge in [-0.3, -0.25) is 9.59 Å². The van der Waals surface area contributed by atoms with E-state index in [2.05, 4.69) is 5.32 Å². The first kappa shape index (κ1) is 16.5. The van der Waals surface area contributed by atoms with Crippen molar-refractivity contribution < 1.29 is 9.59 Å². The van der Waals surface area contributed by atoms with E-state index in [1.165, 1.54) is 31.1 Å². The minimum atomic E-state index is 0. The highest BCUT2D eigenvalue weighted by atomic mass is 35.5. The smallest absolute Gasteiger partial charge is 0.263 e. The van der Waals surface area contributed by atoms with Crippen LogP contribution in [0.15, 0.2) is 11.4 Å². The van der Waals surface area contributed by atoms with Crippen molar-refractivity contribution in [3.05, 3.63) is 21.9 Å². The largest absolute Gasteiger partial charge is 0.338 e. The third kappa shape index (κ3) is 3.30. The van der Waals surface area contributed by atoms with Gasteiger partial charge >= 0.3 is 0 Å². The van der Waals surface area contributed by atoms with Gasteiger partial charge in [0.05, 0.1) is 4.88 Å². The van der Waals surface area contributed by atoms with E-state index in [0.29, 0.717) is 28.6 Å². The van der Waals surface area contributed by atoms with Crippen molar-refractivity contribution in [2.45, 2.75) is 50.7 Å². The van der Waals surface area contributed by atoms with Crippen LogP contribution in [0.2, 0.25) is 0 Å². The highest BCUT2D eigenvalue weighted by Gasteiger charge is 2.36. The molecule has 1 amide bonds. The zero-order chi connectivity index (χ0) is 14.3. The molecule has 0 aromatic carbocycles. The summed E-state index contributed by atoms with van der Waals surface area (Å²) in [5.41, 5.74) is 0.636. The third-order valence-electron chi connectivity index (χ3n) is 4.53. The van der Waals surface area contributed by atoms with Gasteiger partial charge in [-0.2, -0.15) is 0 Å². The summed E-state index contributed by atoms with van der Waals surface area (Å²) in [4.78, 5) is 26.4. The maximum atomic E-state index is 12.5. The van der Waals surface area contributed by atoms with Crippen LogP contribution in [0, 0.1) is 0 Å². The van der Waals surface area contributed by atoms with Crippen LogP contribution in [0.3, 0.4) is 0 Å². The standard InChI is InChI=1S/C15H20N2O2S.ClH/c1-9(18)10-5-14(20-8-10)15(19)17(2)13-6-11-3-4-12(7-13)16-11;/h5,8,11-13,16H,3-4,6-7H2,1-2H3;1H. The molecule has 1 aromatic rings. The van der Waals surface area contributed by atoms with Crippen molar-refractivity contribution in [2.75, 3.05) is 7.05 Å². The van der Waals surface area contributed by atoms with Crippen LogP contribution >= 0.6 is 23.7 Å². The van der Waals surface area contributed by atoms with Gasteiger partial charge in [0.25, 0.3) is 5.91 Å². The van der Waals surface area contributed by atoms with Gasteiger partial charge in [0, 0.05) is 36.1 Å². The van der Waals surface area contributed by atoms with Gasteiger partial charge in [0.2, 0.25) is 0 Å². The molecule has 1 N–H and O–H groups in total. The second-order valence-electron chi connectivity index (χ2n) is 5.93. The fourth-order valence-corrected chi connectivity index (χ4v) is 4.24. The van der Waals surface area contributed by atoms with E-state index in [1.807, 2.05) is 11.9 Å². The Hall–Kier alpha value is -0.910. The number of amides is 1. The first-order chi connectivity index (χ1) is 9.54. The number of hydrogen-bond donors (Lipinski definition) is 1. The van der Waals surface area contributed by atoms with Crippen LogP contribution in [0.25, 0.3) is 0 Å². The molecule has 2 atom stereocenters. The average Bonchev–Trinajstić information content (AvgIpc) is 3.04. The molecule has 21 heavy (non-hydrogen) atoms. The molecule has 1 aromatic heterocycles. The first-order valence-electron chi connectivity index (χ1n) is 7.17. The zero-order valence-electron chi connectivity index (χ0n) is 12.3. The highest BCUT2D eigenvalue weighted by molar-refractivity contribution is 7.12. The lowest BCUT2D eigenvalue weighted by Gasteiger charge is -2.35. The van der Waals surface area contributed by atoms with Gasteiger partial charge in [-0.25, -0.2) is 0 Å². The summed E-state index contributed by atoms with van der Waals surface area (Å²) in [6.07, 6.45) is 4.56. The number of halogens is 1. The summed E-state index contributed by atoms with van der Waals surface area (Å²) in [5.74, 6) is 0.0664. The minimum absolute atomic E-state index is 0. The topological polar surface area (TPSA) is 49.4 Å². The Labute approximate surface area is 135 Å². The molecule has 2 bridgehead atoms. The van der Waals surface area contributed by atoms with Crippen LogP contribution in [0.4, 0.5) is 0 Å². The molecule has 0 radical (unpaired) electrons. The van der Waals surface area contributed by atoms with E-state index < -0.39 is 0 Å². The van der Waals surface area contributed by atoms with Gasteiger partial charge in [-0.05, 0) is 38.7 Å². The first-order valence-corrected chi connectivity index (χ1v) is 8.05. The second kappa shape index (κ2) is 6.46. The van der Waals surface area contributed by atoms with Crippen LogP contribution in [-0.4, -0.2) is 41.8 Å². The van der Waals surface area contributed by atoms with Crippen LogP contribution in [0.1, 0.15) is 52.6 Å². The molecule has 0 aliphatic carbocycles. The maximum absolute atomic E-state index is 12.5. The predicted octanol–water partition coefficient (Wildman–Crippen LogP) is 2.73. The molecule has 2 saturated heterocycles. The highest BCUT2D eigenvalue weighted by Crippen LogP contribution is 2.30. The molecule has 2 aliphatic rings. The van der Waals surface area contributed by atoms with E-state index in [9.17, 15) is 9.59 Å². The number of piperidine rings is 1. The monoisotopic (exact) mass is 328 g/mol. The van der Waals surface area contributed by atoms with E-state index in [4.69, 9.17) is 0 Å². The van der Waals surface area contributed by atoms with Crippen molar-refractivity contribution in [3.63, 3.8) is 0 Å². The number of ketones is 1. The normalized spacial score (nSPS) is 27.0. The summed E-state index contributed by atoms with van der Waals surface area (Å²) < 4.78 is 0. The SMILES string of the molecule is CC(=O)c1csc(C(=O)N(C)C2CC3CCC(C2)N3)c1.Cl. The van der Waals surface area contributed by atoms with Crippen LogP contribution in [-0.2, 0) is 0 Å². The molecule has 3 rings (SSSR count).